The highest BCUT2D eigenvalue weighted by Crippen LogP contribution is 2.32. The second kappa shape index (κ2) is 11.1. The van der Waals surface area contributed by atoms with Gasteiger partial charge in [-0.25, -0.2) is 0 Å². The van der Waals surface area contributed by atoms with Gasteiger partial charge in [0.05, 0.1) is 23.5 Å². The Bertz CT molecular complexity index is 1190. The number of carbonyl (C=O) groups is 2. The molecule has 1 atom stereocenters. The zero-order chi connectivity index (χ0) is 24.9. The lowest BCUT2D eigenvalue weighted by Gasteiger charge is -2.32. The van der Waals surface area contributed by atoms with Crippen LogP contribution in [0.2, 0.25) is 0 Å². The Balaban J connectivity index is 1.55. The summed E-state index contributed by atoms with van der Waals surface area (Å²) in [4.78, 5) is 27.1. The summed E-state index contributed by atoms with van der Waals surface area (Å²) in [7, 11) is 0. The van der Waals surface area contributed by atoms with Crippen molar-refractivity contribution in [2.75, 3.05) is 19.7 Å². The van der Waals surface area contributed by atoms with E-state index in [-0.39, 0.29) is 23.0 Å². The van der Waals surface area contributed by atoms with E-state index in [4.69, 9.17) is 4.74 Å². The molecule has 2 heterocycles. The topological polar surface area (TPSA) is 77.3 Å². The monoisotopic (exact) mass is 492 g/mol. The number of thioether (sulfide) groups is 1. The lowest BCUT2D eigenvalue weighted by molar-refractivity contribution is -0.151. The molecule has 0 N–H and O–H groups in total. The Morgan fingerprint density at radius 3 is 2.43 bits per heavy atom. The Labute approximate surface area is 210 Å². The van der Waals surface area contributed by atoms with E-state index in [9.17, 15) is 9.59 Å². The summed E-state index contributed by atoms with van der Waals surface area (Å²) in [5, 5.41) is 9.33. The van der Waals surface area contributed by atoms with Crippen LogP contribution in [-0.4, -0.2) is 56.5 Å². The first-order valence-electron chi connectivity index (χ1n) is 12.1. The van der Waals surface area contributed by atoms with Gasteiger partial charge in [-0.15, -0.1) is 10.2 Å². The quantitative estimate of drug-likeness (QED) is 0.347. The smallest absolute Gasteiger partial charge is 0.309 e. The summed E-state index contributed by atoms with van der Waals surface area (Å²) in [6, 6.07) is 16.2. The molecule has 1 aliphatic rings. The molecule has 3 aromatic rings. The number of benzene rings is 2. The molecule has 1 unspecified atom stereocenters. The number of likely N-dealkylation sites (tertiary alicyclic amines) is 1. The molecule has 1 fully saturated rings. The number of hydrogen-bond donors (Lipinski definition) is 0. The van der Waals surface area contributed by atoms with E-state index in [1.807, 2.05) is 53.6 Å². The molecule has 7 nitrogen and oxygen atoms in total. The van der Waals surface area contributed by atoms with Crippen LogP contribution in [0, 0.1) is 19.8 Å². The summed E-state index contributed by atoms with van der Waals surface area (Å²) < 4.78 is 7.18. The number of hydrogen-bond acceptors (Lipinski definition) is 6. The average Bonchev–Trinajstić information content (AvgIpc) is 3.29. The maximum Gasteiger partial charge on any atom is 0.309 e. The number of amides is 1. The zero-order valence-corrected chi connectivity index (χ0v) is 21.5. The van der Waals surface area contributed by atoms with Crippen molar-refractivity contribution in [3.8, 4) is 17.1 Å². The van der Waals surface area contributed by atoms with E-state index < -0.39 is 0 Å². The van der Waals surface area contributed by atoms with E-state index >= 15 is 0 Å². The Morgan fingerprint density at radius 1 is 1.06 bits per heavy atom. The second-order valence-electron chi connectivity index (χ2n) is 8.89. The third-order valence-corrected chi connectivity index (χ3v) is 7.50. The molecule has 0 aliphatic carbocycles. The Kier molecular flexibility index (Phi) is 7.90. The molecule has 4 rings (SSSR count). The van der Waals surface area contributed by atoms with Gasteiger partial charge >= 0.3 is 5.97 Å². The molecule has 2 aromatic carbocycles. The van der Waals surface area contributed by atoms with Gasteiger partial charge in [-0.1, -0.05) is 48.2 Å². The van der Waals surface area contributed by atoms with E-state index in [1.54, 1.807) is 0 Å². The average molecular weight is 493 g/mol. The molecule has 1 aromatic heterocycles. The van der Waals surface area contributed by atoms with Crippen LogP contribution in [0.4, 0.5) is 0 Å². The molecule has 35 heavy (non-hydrogen) atoms. The van der Waals surface area contributed by atoms with Crippen LogP contribution < -0.4 is 0 Å². The summed E-state index contributed by atoms with van der Waals surface area (Å²) in [6.07, 6.45) is 1.28. The minimum Gasteiger partial charge on any atom is -0.466 e. The van der Waals surface area contributed by atoms with Gasteiger partial charge in [-0.05, 0) is 63.8 Å². The van der Waals surface area contributed by atoms with Crippen LogP contribution in [-0.2, 0) is 14.3 Å². The standard InChI is InChI=1S/C27H32N4O3S/c1-5-34-26(33)22-13-15-30(16-14-22)25(32)20(4)35-27-29-28-24(21-9-7-6-8-10-21)31(27)23-12-11-18(2)19(3)17-23/h6-12,17,20,22H,5,13-16H2,1-4H3. The molecule has 1 saturated heterocycles. The molecule has 8 heteroatoms. The summed E-state index contributed by atoms with van der Waals surface area (Å²) in [5.74, 6) is 0.514. The molecule has 1 aliphatic heterocycles. The maximum absolute atomic E-state index is 13.3. The van der Waals surface area contributed by atoms with Crippen LogP contribution in [0.3, 0.4) is 0 Å². The fourth-order valence-corrected chi connectivity index (χ4v) is 5.23. The Hall–Kier alpha value is -3.13. The van der Waals surface area contributed by atoms with Gasteiger partial charge in [-0.2, -0.15) is 0 Å². The van der Waals surface area contributed by atoms with Crippen molar-refractivity contribution in [1.82, 2.24) is 19.7 Å². The first-order chi connectivity index (χ1) is 16.9. The third kappa shape index (κ3) is 5.59. The van der Waals surface area contributed by atoms with E-state index in [0.29, 0.717) is 37.7 Å². The molecular formula is C27H32N4O3S. The molecule has 184 valence electrons. The second-order valence-corrected chi connectivity index (χ2v) is 10.2. The van der Waals surface area contributed by atoms with Gasteiger partial charge in [-0.3, -0.25) is 14.2 Å². The number of nitrogens with zero attached hydrogens (tertiary/aromatic N) is 4. The molecular weight excluding hydrogens is 460 g/mol. The van der Waals surface area contributed by atoms with Crippen molar-refractivity contribution in [3.05, 3.63) is 59.7 Å². The number of ether oxygens (including phenoxy) is 1. The SMILES string of the molecule is CCOC(=O)C1CCN(C(=O)C(C)Sc2nnc(-c3ccccc3)n2-c2ccc(C)c(C)c2)CC1. The summed E-state index contributed by atoms with van der Waals surface area (Å²) in [5.41, 5.74) is 4.33. The lowest BCUT2D eigenvalue weighted by Crippen LogP contribution is -2.43. The zero-order valence-electron chi connectivity index (χ0n) is 20.7. The number of esters is 1. The molecule has 0 spiro atoms. The molecule has 1 amide bonds. The van der Waals surface area contributed by atoms with E-state index in [0.717, 1.165) is 17.1 Å². The van der Waals surface area contributed by atoms with Gasteiger partial charge in [0.25, 0.3) is 0 Å². The summed E-state index contributed by atoms with van der Waals surface area (Å²) in [6.45, 7) is 9.41. The molecule has 0 saturated carbocycles. The van der Waals surface area contributed by atoms with E-state index in [1.165, 1.54) is 22.9 Å². The van der Waals surface area contributed by atoms with Crippen molar-refractivity contribution in [2.45, 2.75) is 50.9 Å². The highest BCUT2D eigenvalue weighted by Gasteiger charge is 2.31. The maximum atomic E-state index is 13.3. The van der Waals surface area contributed by atoms with Crippen LogP contribution in [0.1, 0.15) is 37.8 Å². The fourth-order valence-electron chi connectivity index (χ4n) is 4.28. The lowest BCUT2D eigenvalue weighted by atomic mass is 9.97. The number of piperidine rings is 1. The van der Waals surface area contributed by atoms with Crippen molar-refractivity contribution in [2.24, 2.45) is 5.92 Å². The van der Waals surface area contributed by atoms with Crippen molar-refractivity contribution < 1.29 is 14.3 Å². The first-order valence-corrected chi connectivity index (χ1v) is 13.0. The molecule has 0 radical (unpaired) electrons. The van der Waals surface area contributed by atoms with Gasteiger partial charge < -0.3 is 9.64 Å². The van der Waals surface area contributed by atoms with Crippen LogP contribution in [0.25, 0.3) is 17.1 Å². The largest absolute Gasteiger partial charge is 0.466 e. The predicted octanol–water partition coefficient (Wildman–Crippen LogP) is 4.83. The highest BCUT2D eigenvalue weighted by atomic mass is 32.2. The van der Waals surface area contributed by atoms with Crippen molar-refractivity contribution in [3.63, 3.8) is 0 Å². The van der Waals surface area contributed by atoms with Crippen LogP contribution in [0.15, 0.2) is 53.7 Å². The minimum atomic E-state index is -0.340. The van der Waals surface area contributed by atoms with Gasteiger partial charge in [0.2, 0.25) is 5.91 Å². The van der Waals surface area contributed by atoms with Gasteiger partial charge in [0.15, 0.2) is 11.0 Å². The van der Waals surface area contributed by atoms with Gasteiger partial charge in [0, 0.05) is 18.7 Å². The van der Waals surface area contributed by atoms with Crippen LogP contribution >= 0.6 is 11.8 Å². The molecule has 0 bridgehead atoms. The highest BCUT2D eigenvalue weighted by molar-refractivity contribution is 8.00. The predicted molar refractivity (Wildman–Crippen MR) is 138 cm³/mol. The summed E-state index contributed by atoms with van der Waals surface area (Å²) >= 11 is 1.41. The number of aromatic nitrogens is 3. The first kappa shape index (κ1) is 25.0. The minimum absolute atomic E-state index is 0.0493. The number of aryl methyl sites for hydroxylation is 2. The number of carbonyl (C=O) groups excluding carboxylic acids is 2. The number of rotatable bonds is 7. The van der Waals surface area contributed by atoms with E-state index in [2.05, 4.69) is 42.2 Å². The van der Waals surface area contributed by atoms with Crippen LogP contribution in [0.5, 0.6) is 0 Å². The van der Waals surface area contributed by atoms with Crippen molar-refractivity contribution >= 4 is 23.6 Å². The van der Waals surface area contributed by atoms with Gasteiger partial charge in [0.1, 0.15) is 0 Å². The fraction of sp³-hybridized carbons (Fsp3) is 0.407. The Morgan fingerprint density at radius 2 is 1.77 bits per heavy atom. The normalized spacial score (nSPS) is 15.1. The van der Waals surface area contributed by atoms with Crippen molar-refractivity contribution in [1.29, 1.82) is 0 Å². The third-order valence-electron chi connectivity index (χ3n) is 6.47.